The molecule has 1 saturated heterocycles. The number of nitrogens with one attached hydrogen (secondary N) is 3. The standard InChI is InChI=1S/C15H20ClF3N6O/c1-20-12(26)7-23-14(21-2)24-10-3-4-25(8-10)13-11(16)5-9(6-22-13)15(17,18)19/h5-6,10H,3-4,7-8H2,1-2H3,(H,20,26)(H2,21,23,24). The van der Waals surface area contributed by atoms with Crippen LogP contribution in [0.1, 0.15) is 12.0 Å². The van der Waals surface area contributed by atoms with Crippen molar-refractivity contribution in [2.75, 3.05) is 38.6 Å². The smallest absolute Gasteiger partial charge is 0.358 e. The number of aliphatic imine (C=N–C) groups is 1. The van der Waals surface area contributed by atoms with Crippen LogP contribution in [-0.4, -0.2) is 56.6 Å². The van der Waals surface area contributed by atoms with E-state index in [9.17, 15) is 18.0 Å². The molecule has 0 saturated carbocycles. The quantitative estimate of drug-likeness (QED) is 0.530. The predicted molar refractivity (Wildman–Crippen MR) is 93.4 cm³/mol. The van der Waals surface area contributed by atoms with Gasteiger partial charge in [0.1, 0.15) is 5.82 Å². The Balaban J connectivity index is 1.97. The first-order valence-electron chi connectivity index (χ1n) is 7.90. The molecule has 1 aromatic rings. The average Bonchev–Trinajstić information content (AvgIpc) is 3.05. The Hall–Kier alpha value is -2.23. The number of pyridine rings is 1. The van der Waals surface area contributed by atoms with Crippen LogP contribution in [0.3, 0.4) is 0 Å². The van der Waals surface area contributed by atoms with E-state index in [4.69, 9.17) is 11.6 Å². The van der Waals surface area contributed by atoms with Gasteiger partial charge in [0.2, 0.25) is 5.91 Å². The fourth-order valence-corrected chi connectivity index (χ4v) is 2.82. The molecule has 0 spiro atoms. The number of anilines is 1. The van der Waals surface area contributed by atoms with Crippen molar-refractivity contribution in [2.45, 2.75) is 18.6 Å². The number of amides is 1. The monoisotopic (exact) mass is 392 g/mol. The Morgan fingerprint density at radius 2 is 2.23 bits per heavy atom. The minimum absolute atomic E-state index is 0.00829. The highest BCUT2D eigenvalue weighted by atomic mass is 35.5. The van der Waals surface area contributed by atoms with Gasteiger partial charge < -0.3 is 20.9 Å². The minimum atomic E-state index is -4.48. The Kier molecular flexibility index (Phi) is 6.52. The average molecular weight is 393 g/mol. The van der Waals surface area contributed by atoms with E-state index in [0.717, 1.165) is 18.7 Å². The molecule has 26 heavy (non-hydrogen) atoms. The van der Waals surface area contributed by atoms with Crippen LogP contribution >= 0.6 is 11.6 Å². The molecule has 0 radical (unpaired) electrons. The predicted octanol–water partition coefficient (Wildman–Crippen LogP) is 1.24. The number of carbonyl (C=O) groups is 1. The lowest BCUT2D eigenvalue weighted by atomic mass is 10.2. The van der Waals surface area contributed by atoms with E-state index < -0.39 is 11.7 Å². The van der Waals surface area contributed by atoms with Crippen LogP contribution in [-0.2, 0) is 11.0 Å². The summed E-state index contributed by atoms with van der Waals surface area (Å²) in [6.45, 7) is 1.17. The van der Waals surface area contributed by atoms with Crippen LogP contribution in [0.4, 0.5) is 19.0 Å². The fourth-order valence-electron chi connectivity index (χ4n) is 2.53. The molecule has 0 bridgehead atoms. The molecule has 144 valence electrons. The molecule has 1 amide bonds. The van der Waals surface area contributed by atoms with Gasteiger partial charge in [0.25, 0.3) is 0 Å². The van der Waals surface area contributed by atoms with Gasteiger partial charge in [-0.05, 0) is 12.5 Å². The van der Waals surface area contributed by atoms with Gasteiger partial charge in [0.15, 0.2) is 5.96 Å². The van der Waals surface area contributed by atoms with Crippen LogP contribution in [0.2, 0.25) is 5.02 Å². The topological polar surface area (TPSA) is 81.6 Å². The van der Waals surface area contributed by atoms with Crippen LogP contribution in [0.25, 0.3) is 0 Å². The third kappa shape index (κ3) is 5.13. The molecule has 1 atom stereocenters. The first kappa shape index (κ1) is 20.1. The van der Waals surface area contributed by atoms with Crippen molar-refractivity contribution >= 4 is 29.3 Å². The second-order valence-corrected chi connectivity index (χ2v) is 6.11. The Morgan fingerprint density at radius 3 is 2.81 bits per heavy atom. The van der Waals surface area contributed by atoms with E-state index in [-0.39, 0.29) is 23.5 Å². The van der Waals surface area contributed by atoms with Gasteiger partial charge in [-0.15, -0.1) is 0 Å². The third-order valence-electron chi connectivity index (χ3n) is 3.90. The first-order chi connectivity index (χ1) is 12.2. The summed E-state index contributed by atoms with van der Waals surface area (Å²) in [5.41, 5.74) is -0.876. The number of carbonyl (C=O) groups excluding carboxylic acids is 1. The van der Waals surface area contributed by atoms with Crippen molar-refractivity contribution in [3.8, 4) is 0 Å². The van der Waals surface area contributed by atoms with Gasteiger partial charge in [0.05, 0.1) is 17.1 Å². The van der Waals surface area contributed by atoms with Crippen molar-refractivity contribution in [3.63, 3.8) is 0 Å². The number of guanidine groups is 1. The second-order valence-electron chi connectivity index (χ2n) is 5.70. The summed E-state index contributed by atoms with van der Waals surface area (Å²) < 4.78 is 38.1. The van der Waals surface area contributed by atoms with E-state index in [0.29, 0.717) is 24.9 Å². The lowest BCUT2D eigenvalue weighted by Gasteiger charge is -2.21. The maximum Gasteiger partial charge on any atom is 0.417 e. The number of hydrogen-bond acceptors (Lipinski definition) is 4. The fraction of sp³-hybridized carbons (Fsp3) is 0.533. The van der Waals surface area contributed by atoms with Crippen molar-refractivity contribution < 1.29 is 18.0 Å². The molecule has 1 aliphatic heterocycles. The normalized spacial score (nSPS) is 18.0. The van der Waals surface area contributed by atoms with E-state index in [1.165, 1.54) is 7.05 Å². The number of halogens is 4. The third-order valence-corrected chi connectivity index (χ3v) is 4.17. The highest BCUT2D eigenvalue weighted by molar-refractivity contribution is 6.33. The van der Waals surface area contributed by atoms with Crippen LogP contribution in [0, 0.1) is 0 Å². The molecule has 1 aliphatic rings. The Labute approximate surface area is 154 Å². The highest BCUT2D eigenvalue weighted by Gasteiger charge is 2.33. The highest BCUT2D eigenvalue weighted by Crippen LogP contribution is 2.34. The molecule has 1 aromatic heterocycles. The largest absolute Gasteiger partial charge is 0.417 e. The molecule has 7 nitrogen and oxygen atoms in total. The van der Waals surface area contributed by atoms with Crippen LogP contribution in [0.5, 0.6) is 0 Å². The number of rotatable bonds is 4. The molecule has 0 aromatic carbocycles. The van der Waals surface area contributed by atoms with Gasteiger partial charge in [0, 0.05) is 39.4 Å². The summed E-state index contributed by atoms with van der Waals surface area (Å²) in [4.78, 5) is 21.0. The Morgan fingerprint density at radius 1 is 1.50 bits per heavy atom. The second kappa shape index (κ2) is 8.43. The molecule has 1 unspecified atom stereocenters. The van der Waals surface area contributed by atoms with Gasteiger partial charge in [-0.1, -0.05) is 11.6 Å². The lowest BCUT2D eigenvalue weighted by molar-refractivity contribution is -0.137. The number of alkyl halides is 3. The first-order valence-corrected chi connectivity index (χ1v) is 8.28. The summed E-state index contributed by atoms with van der Waals surface area (Å²) in [5.74, 6) is 0.603. The zero-order valence-electron chi connectivity index (χ0n) is 14.3. The van der Waals surface area contributed by atoms with Crippen molar-refractivity contribution in [1.29, 1.82) is 0 Å². The summed E-state index contributed by atoms with van der Waals surface area (Å²) in [5, 5.41) is 8.50. The maximum absolute atomic E-state index is 12.7. The van der Waals surface area contributed by atoms with Crippen LogP contribution in [0.15, 0.2) is 17.3 Å². The summed E-state index contributed by atoms with van der Waals surface area (Å²) in [6, 6.07) is 0.875. The van der Waals surface area contributed by atoms with Crippen LogP contribution < -0.4 is 20.9 Å². The van der Waals surface area contributed by atoms with Crippen molar-refractivity contribution in [3.05, 3.63) is 22.8 Å². The number of likely N-dealkylation sites (N-methyl/N-ethyl adjacent to an activating group) is 1. The SMILES string of the molecule is CN=C(NCC(=O)NC)NC1CCN(c2ncc(C(F)(F)F)cc2Cl)C1. The molecule has 2 heterocycles. The van der Waals surface area contributed by atoms with Gasteiger partial charge in [-0.25, -0.2) is 4.98 Å². The number of aromatic nitrogens is 1. The maximum atomic E-state index is 12.7. The van der Waals surface area contributed by atoms with Crippen molar-refractivity contribution in [1.82, 2.24) is 20.9 Å². The Bertz CT molecular complexity index is 682. The molecule has 11 heteroatoms. The van der Waals surface area contributed by atoms with Crippen molar-refractivity contribution in [2.24, 2.45) is 4.99 Å². The summed E-state index contributed by atoms with van der Waals surface area (Å²) in [7, 11) is 3.12. The molecule has 3 N–H and O–H groups in total. The minimum Gasteiger partial charge on any atom is -0.358 e. The zero-order chi connectivity index (χ0) is 19.3. The molecule has 2 rings (SSSR count). The number of nitrogens with zero attached hydrogens (tertiary/aromatic N) is 3. The molecule has 1 fully saturated rings. The molecular formula is C15H20ClF3N6O. The van der Waals surface area contributed by atoms with E-state index in [1.54, 1.807) is 7.05 Å². The molecule has 0 aliphatic carbocycles. The van der Waals surface area contributed by atoms with E-state index >= 15 is 0 Å². The number of hydrogen-bond donors (Lipinski definition) is 3. The van der Waals surface area contributed by atoms with Gasteiger partial charge in [-0.3, -0.25) is 9.79 Å². The van der Waals surface area contributed by atoms with E-state index in [1.807, 2.05) is 4.90 Å². The van der Waals surface area contributed by atoms with Gasteiger partial charge in [-0.2, -0.15) is 13.2 Å². The summed E-state index contributed by atoms with van der Waals surface area (Å²) in [6.07, 6.45) is -2.97. The molecular weight excluding hydrogens is 373 g/mol. The zero-order valence-corrected chi connectivity index (χ0v) is 15.1. The van der Waals surface area contributed by atoms with Gasteiger partial charge >= 0.3 is 6.18 Å². The van der Waals surface area contributed by atoms with E-state index in [2.05, 4.69) is 25.9 Å². The summed E-state index contributed by atoms with van der Waals surface area (Å²) >= 11 is 5.99. The lowest BCUT2D eigenvalue weighted by Crippen LogP contribution is -2.47.